The normalized spacial score (nSPS) is 10.5. The number of aromatic amines is 1. The first-order valence-electron chi connectivity index (χ1n) is 4.17. The molecule has 0 spiro atoms. The number of rotatable bonds is 3. The fraction of sp³-hybridized carbons (Fsp3) is 0.111. The molecule has 2 heterocycles. The number of carboxylic acids is 1. The number of nitrogens with one attached hydrogen (secondary N) is 1. The van der Waals surface area contributed by atoms with Gasteiger partial charge >= 0.3 is 5.97 Å². The summed E-state index contributed by atoms with van der Waals surface area (Å²) in [5, 5.41) is 9.50. The zero-order valence-corrected chi connectivity index (χ0v) is 9.93. The van der Waals surface area contributed by atoms with Crippen LogP contribution in [-0.2, 0) is 11.2 Å². The van der Waals surface area contributed by atoms with Crippen molar-refractivity contribution in [1.29, 1.82) is 0 Å². The van der Waals surface area contributed by atoms with Crippen LogP contribution < -0.4 is 0 Å². The predicted octanol–water partition coefficient (Wildman–Crippen LogP) is 2.53. The Morgan fingerprint density at radius 1 is 1.67 bits per heavy atom. The van der Waals surface area contributed by atoms with E-state index in [2.05, 4.69) is 25.9 Å². The molecular formula is C9H7BrN2O2S. The molecule has 0 radical (unpaired) electrons. The molecule has 4 nitrogen and oxygen atoms in total. The lowest BCUT2D eigenvalue weighted by Gasteiger charge is -1.88. The largest absolute Gasteiger partial charge is 0.481 e. The van der Waals surface area contributed by atoms with Crippen LogP contribution in [0.2, 0.25) is 0 Å². The van der Waals surface area contributed by atoms with Gasteiger partial charge in [-0.1, -0.05) is 0 Å². The first-order chi connectivity index (χ1) is 7.16. The van der Waals surface area contributed by atoms with E-state index in [1.54, 1.807) is 0 Å². The van der Waals surface area contributed by atoms with Gasteiger partial charge in [-0.25, -0.2) is 4.98 Å². The van der Waals surface area contributed by atoms with Crippen molar-refractivity contribution in [2.24, 2.45) is 0 Å². The van der Waals surface area contributed by atoms with E-state index in [9.17, 15) is 4.79 Å². The standard InChI is InChI=1S/C9H7BrN2O2S/c10-8-6(3-7(13)14)15-9(12-8)5-1-2-11-4-5/h1-2,4,11H,3H2,(H,13,14). The highest BCUT2D eigenvalue weighted by molar-refractivity contribution is 9.10. The van der Waals surface area contributed by atoms with E-state index in [4.69, 9.17) is 5.11 Å². The van der Waals surface area contributed by atoms with Gasteiger partial charge in [0.05, 0.1) is 11.3 Å². The Morgan fingerprint density at radius 3 is 3.07 bits per heavy atom. The van der Waals surface area contributed by atoms with Crippen molar-refractivity contribution in [3.05, 3.63) is 27.9 Å². The van der Waals surface area contributed by atoms with Gasteiger partial charge in [0, 0.05) is 18.0 Å². The highest BCUT2D eigenvalue weighted by Crippen LogP contribution is 2.31. The van der Waals surface area contributed by atoms with Crippen LogP contribution in [0.5, 0.6) is 0 Å². The van der Waals surface area contributed by atoms with E-state index in [-0.39, 0.29) is 6.42 Å². The van der Waals surface area contributed by atoms with Crippen LogP contribution in [0.15, 0.2) is 23.1 Å². The molecule has 0 aromatic carbocycles. The highest BCUT2D eigenvalue weighted by atomic mass is 79.9. The summed E-state index contributed by atoms with van der Waals surface area (Å²) in [4.78, 5) is 18.5. The molecule has 78 valence electrons. The van der Waals surface area contributed by atoms with Crippen LogP contribution in [0.1, 0.15) is 4.88 Å². The second-order valence-corrected chi connectivity index (χ2v) is 4.74. The van der Waals surface area contributed by atoms with Crippen molar-refractivity contribution >= 4 is 33.2 Å². The Kier molecular flexibility index (Phi) is 2.88. The summed E-state index contributed by atoms with van der Waals surface area (Å²) in [7, 11) is 0. The molecule has 15 heavy (non-hydrogen) atoms. The maximum absolute atomic E-state index is 10.6. The second kappa shape index (κ2) is 4.16. The number of aliphatic carboxylic acids is 1. The fourth-order valence-corrected chi connectivity index (χ4v) is 2.78. The maximum atomic E-state index is 10.6. The molecule has 6 heteroatoms. The molecule has 2 N–H and O–H groups in total. The number of nitrogens with zero attached hydrogens (tertiary/aromatic N) is 1. The molecule has 0 aliphatic heterocycles. The van der Waals surface area contributed by atoms with E-state index in [1.807, 2.05) is 18.5 Å². The minimum atomic E-state index is -0.847. The molecule has 0 aliphatic carbocycles. The summed E-state index contributed by atoms with van der Waals surface area (Å²) in [6, 6.07) is 1.90. The van der Waals surface area contributed by atoms with Gasteiger partial charge in [-0.3, -0.25) is 4.79 Å². The monoisotopic (exact) mass is 286 g/mol. The number of hydrogen-bond donors (Lipinski definition) is 2. The Morgan fingerprint density at radius 2 is 2.47 bits per heavy atom. The number of hydrogen-bond acceptors (Lipinski definition) is 3. The van der Waals surface area contributed by atoms with Gasteiger partial charge in [-0.2, -0.15) is 0 Å². The number of halogens is 1. The Bertz CT molecular complexity index is 478. The van der Waals surface area contributed by atoms with Gasteiger partial charge in [0.25, 0.3) is 0 Å². The van der Waals surface area contributed by atoms with Gasteiger partial charge in [0.1, 0.15) is 9.61 Å². The summed E-state index contributed by atoms with van der Waals surface area (Å²) in [5.74, 6) is -0.847. The van der Waals surface area contributed by atoms with Gasteiger partial charge < -0.3 is 10.1 Å². The van der Waals surface area contributed by atoms with Crippen LogP contribution in [0.3, 0.4) is 0 Å². The number of thiazole rings is 1. The minimum absolute atomic E-state index is 0.00265. The topological polar surface area (TPSA) is 66.0 Å². The Hall–Kier alpha value is -1.14. The number of aromatic nitrogens is 2. The van der Waals surface area contributed by atoms with Crippen molar-refractivity contribution in [1.82, 2.24) is 9.97 Å². The molecule has 0 bridgehead atoms. The van der Waals surface area contributed by atoms with E-state index in [0.29, 0.717) is 4.60 Å². The van der Waals surface area contributed by atoms with Crippen molar-refractivity contribution < 1.29 is 9.90 Å². The quantitative estimate of drug-likeness (QED) is 0.911. The van der Waals surface area contributed by atoms with Crippen LogP contribution in [0.4, 0.5) is 0 Å². The van der Waals surface area contributed by atoms with E-state index in [0.717, 1.165) is 15.4 Å². The second-order valence-electron chi connectivity index (χ2n) is 2.90. The Balaban J connectivity index is 2.33. The number of carbonyl (C=O) groups is 1. The molecule has 2 rings (SSSR count). The van der Waals surface area contributed by atoms with Gasteiger partial charge in [-0.05, 0) is 22.0 Å². The molecule has 0 fully saturated rings. The van der Waals surface area contributed by atoms with Crippen molar-refractivity contribution in [3.8, 4) is 10.6 Å². The number of H-pyrrole nitrogens is 1. The first kappa shape index (κ1) is 10.4. The average Bonchev–Trinajstić information content (AvgIpc) is 2.75. The molecule has 0 saturated carbocycles. The first-order valence-corrected chi connectivity index (χ1v) is 5.78. The molecule has 0 unspecified atom stereocenters. The molecule has 2 aromatic rings. The van der Waals surface area contributed by atoms with Crippen LogP contribution >= 0.6 is 27.3 Å². The third kappa shape index (κ3) is 2.27. The molecule has 0 amide bonds. The SMILES string of the molecule is O=C(O)Cc1sc(-c2cc[nH]c2)nc1Br. The summed E-state index contributed by atoms with van der Waals surface area (Å²) in [5.41, 5.74) is 0.970. The summed E-state index contributed by atoms with van der Waals surface area (Å²) in [6.45, 7) is 0. The van der Waals surface area contributed by atoms with Crippen LogP contribution in [0, 0.1) is 0 Å². The lowest BCUT2D eigenvalue weighted by Crippen LogP contribution is -1.98. The van der Waals surface area contributed by atoms with Crippen molar-refractivity contribution in [2.75, 3.05) is 0 Å². The third-order valence-corrected chi connectivity index (χ3v) is 3.83. The molecule has 2 aromatic heterocycles. The summed E-state index contributed by atoms with van der Waals surface area (Å²) >= 11 is 4.64. The lowest BCUT2D eigenvalue weighted by molar-refractivity contribution is -0.136. The number of carboxylic acid groups (broad SMARTS) is 1. The lowest BCUT2D eigenvalue weighted by atomic mass is 10.4. The Labute approximate surface area is 98.1 Å². The van der Waals surface area contributed by atoms with E-state index < -0.39 is 5.97 Å². The zero-order valence-electron chi connectivity index (χ0n) is 7.53. The van der Waals surface area contributed by atoms with Gasteiger partial charge in [0.15, 0.2) is 0 Å². The van der Waals surface area contributed by atoms with Crippen molar-refractivity contribution in [3.63, 3.8) is 0 Å². The molecule has 0 aliphatic rings. The summed E-state index contributed by atoms with van der Waals surface area (Å²) < 4.78 is 0.617. The molecule has 0 saturated heterocycles. The molecule has 0 atom stereocenters. The van der Waals surface area contributed by atoms with Crippen LogP contribution in [-0.4, -0.2) is 21.0 Å². The molecular weight excluding hydrogens is 280 g/mol. The average molecular weight is 287 g/mol. The zero-order chi connectivity index (χ0) is 10.8. The van der Waals surface area contributed by atoms with E-state index >= 15 is 0 Å². The maximum Gasteiger partial charge on any atom is 0.308 e. The van der Waals surface area contributed by atoms with Crippen molar-refractivity contribution in [2.45, 2.75) is 6.42 Å². The third-order valence-electron chi connectivity index (χ3n) is 1.81. The fourth-order valence-electron chi connectivity index (χ4n) is 1.16. The smallest absolute Gasteiger partial charge is 0.308 e. The minimum Gasteiger partial charge on any atom is -0.481 e. The van der Waals surface area contributed by atoms with Crippen LogP contribution in [0.25, 0.3) is 10.6 Å². The predicted molar refractivity (Wildman–Crippen MR) is 60.9 cm³/mol. The van der Waals surface area contributed by atoms with Gasteiger partial charge in [0.2, 0.25) is 0 Å². The van der Waals surface area contributed by atoms with Gasteiger partial charge in [-0.15, -0.1) is 11.3 Å². The highest BCUT2D eigenvalue weighted by Gasteiger charge is 2.13. The van der Waals surface area contributed by atoms with E-state index in [1.165, 1.54) is 11.3 Å². The summed E-state index contributed by atoms with van der Waals surface area (Å²) in [6.07, 6.45) is 3.64.